The highest BCUT2D eigenvalue weighted by molar-refractivity contribution is 7.97. The third-order valence-corrected chi connectivity index (χ3v) is 4.78. The predicted octanol–water partition coefficient (Wildman–Crippen LogP) is 3.44. The zero-order valence-corrected chi connectivity index (χ0v) is 12.4. The van der Waals surface area contributed by atoms with Crippen molar-refractivity contribution in [1.29, 1.82) is 0 Å². The molecule has 1 amide bonds. The standard InChI is InChI=1S/C13H13ClN2OS2/c14-11-3-1-9(2-4-11)7-18-8-10-5-6-19-12(10)13(17)16-15/h1-6H,7-8,15H2,(H,16,17). The van der Waals surface area contributed by atoms with E-state index in [-0.39, 0.29) is 5.91 Å². The van der Waals surface area contributed by atoms with Gasteiger partial charge in [0.1, 0.15) is 0 Å². The number of benzene rings is 1. The molecule has 1 heterocycles. The van der Waals surface area contributed by atoms with E-state index in [0.717, 1.165) is 22.1 Å². The van der Waals surface area contributed by atoms with Crippen LogP contribution in [0.4, 0.5) is 0 Å². The number of rotatable bonds is 5. The van der Waals surface area contributed by atoms with E-state index in [1.807, 2.05) is 35.7 Å². The summed E-state index contributed by atoms with van der Waals surface area (Å²) in [6, 6.07) is 9.75. The number of hydrogen-bond donors (Lipinski definition) is 2. The fourth-order valence-electron chi connectivity index (χ4n) is 1.57. The number of carbonyl (C=O) groups is 1. The molecule has 0 saturated carbocycles. The van der Waals surface area contributed by atoms with Crippen molar-refractivity contribution in [2.45, 2.75) is 11.5 Å². The third-order valence-electron chi connectivity index (χ3n) is 2.52. The van der Waals surface area contributed by atoms with Crippen LogP contribution in [0.2, 0.25) is 5.02 Å². The third kappa shape index (κ3) is 3.98. The van der Waals surface area contributed by atoms with Crippen LogP contribution in [-0.2, 0) is 11.5 Å². The molecule has 0 saturated heterocycles. The van der Waals surface area contributed by atoms with Gasteiger partial charge in [-0.3, -0.25) is 10.2 Å². The van der Waals surface area contributed by atoms with Gasteiger partial charge in [0.2, 0.25) is 0 Å². The summed E-state index contributed by atoms with van der Waals surface area (Å²) in [7, 11) is 0. The summed E-state index contributed by atoms with van der Waals surface area (Å²) in [5.74, 6) is 6.60. The van der Waals surface area contributed by atoms with Gasteiger partial charge in [-0.2, -0.15) is 11.8 Å². The van der Waals surface area contributed by atoms with Gasteiger partial charge in [-0.1, -0.05) is 23.7 Å². The van der Waals surface area contributed by atoms with E-state index in [0.29, 0.717) is 4.88 Å². The van der Waals surface area contributed by atoms with Gasteiger partial charge >= 0.3 is 0 Å². The fourth-order valence-corrected chi connectivity index (χ4v) is 3.61. The van der Waals surface area contributed by atoms with E-state index in [4.69, 9.17) is 17.4 Å². The van der Waals surface area contributed by atoms with Crippen LogP contribution in [0.3, 0.4) is 0 Å². The summed E-state index contributed by atoms with van der Waals surface area (Å²) >= 11 is 9.00. The average Bonchev–Trinajstić information content (AvgIpc) is 2.88. The van der Waals surface area contributed by atoms with Gasteiger partial charge in [0.15, 0.2) is 0 Å². The van der Waals surface area contributed by atoms with Crippen LogP contribution in [0.25, 0.3) is 0 Å². The highest BCUT2D eigenvalue weighted by atomic mass is 35.5. The Bertz CT molecular complexity index is 554. The van der Waals surface area contributed by atoms with Crippen LogP contribution in [-0.4, -0.2) is 5.91 Å². The first kappa shape index (κ1) is 14.4. The Labute approximate surface area is 125 Å². The largest absolute Gasteiger partial charge is 0.289 e. The van der Waals surface area contributed by atoms with Crippen LogP contribution in [0.1, 0.15) is 20.8 Å². The summed E-state index contributed by atoms with van der Waals surface area (Å²) in [6.45, 7) is 0. The molecule has 0 aliphatic carbocycles. The number of nitrogens with two attached hydrogens (primary N) is 1. The van der Waals surface area contributed by atoms with Gasteiger partial charge in [-0.25, -0.2) is 5.84 Å². The number of hydrogen-bond acceptors (Lipinski definition) is 4. The molecule has 0 aliphatic rings. The van der Waals surface area contributed by atoms with E-state index >= 15 is 0 Å². The summed E-state index contributed by atoms with van der Waals surface area (Å²) in [5.41, 5.74) is 4.41. The van der Waals surface area contributed by atoms with Gasteiger partial charge in [0.05, 0.1) is 4.88 Å². The lowest BCUT2D eigenvalue weighted by atomic mass is 10.2. The minimum absolute atomic E-state index is 0.225. The lowest BCUT2D eigenvalue weighted by Crippen LogP contribution is -2.29. The Balaban J connectivity index is 1.91. The lowest BCUT2D eigenvalue weighted by molar-refractivity contribution is 0.0957. The second-order valence-corrected chi connectivity index (χ2v) is 6.21. The monoisotopic (exact) mass is 312 g/mol. The minimum atomic E-state index is -0.225. The molecule has 0 spiro atoms. The summed E-state index contributed by atoms with van der Waals surface area (Å²) in [6.07, 6.45) is 0. The number of nitrogens with one attached hydrogen (secondary N) is 1. The van der Waals surface area contributed by atoms with E-state index in [2.05, 4.69) is 5.43 Å². The van der Waals surface area contributed by atoms with Crippen LogP contribution < -0.4 is 11.3 Å². The van der Waals surface area contributed by atoms with Gasteiger partial charge in [-0.05, 0) is 34.7 Å². The number of amides is 1. The van der Waals surface area contributed by atoms with Gasteiger partial charge < -0.3 is 0 Å². The first-order chi connectivity index (χ1) is 9.20. The molecule has 0 atom stereocenters. The smallest absolute Gasteiger partial charge is 0.275 e. The second kappa shape index (κ2) is 6.96. The number of carbonyl (C=O) groups excluding carboxylic acids is 1. The number of thiophene rings is 1. The molecule has 1 aromatic carbocycles. The molecule has 2 rings (SSSR count). The molecule has 1 aromatic heterocycles. The van der Waals surface area contributed by atoms with Crippen molar-refractivity contribution in [3.05, 3.63) is 56.7 Å². The molecule has 0 aliphatic heterocycles. The van der Waals surface area contributed by atoms with E-state index in [1.165, 1.54) is 16.9 Å². The van der Waals surface area contributed by atoms with Gasteiger partial charge in [0.25, 0.3) is 5.91 Å². The summed E-state index contributed by atoms with van der Waals surface area (Å²) in [4.78, 5) is 12.2. The van der Waals surface area contributed by atoms with Crippen LogP contribution >= 0.6 is 34.7 Å². The highest BCUT2D eigenvalue weighted by Gasteiger charge is 2.11. The molecule has 3 N–H and O–H groups in total. The van der Waals surface area contributed by atoms with Gasteiger partial charge in [-0.15, -0.1) is 11.3 Å². The van der Waals surface area contributed by atoms with Crippen molar-refractivity contribution >= 4 is 40.6 Å². The zero-order chi connectivity index (χ0) is 13.7. The summed E-state index contributed by atoms with van der Waals surface area (Å²) in [5, 5.41) is 2.65. The van der Waals surface area contributed by atoms with E-state index < -0.39 is 0 Å². The fraction of sp³-hybridized carbons (Fsp3) is 0.154. The Morgan fingerprint density at radius 2 is 2.00 bits per heavy atom. The van der Waals surface area contributed by atoms with Crippen molar-refractivity contribution in [1.82, 2.24) is 5.43 Å². The normalized spacial score (nSPS) is 10.4. The molecule has 0 unspecified atom stereocenters. The maximum absolute atomic E-state index is 11.5. The minimum Gasteiger partial charge on any atom is -0.289 e. The molecular formula is C13H13ClN2OS2. The number of hydrazine groups is 1. The predicted molar refractivity (Wildman–Crippen MR) is 82.4 cm³/mol. The molecule has 100 valence electrons. The first-order valence-electron chi connectivity index (χ1n) is 5.60. The topological polar surface area (TPSA) is 55.1 Å². The van der Waals surface area contributed by atoms with Crippen LogP contribution in [0.15, 0.2) is 35.7 Å². The lowest BCUT2D eigenvalue weighted by Gasteiger charge is -2.03. The Morgan fingerprint density at radius 3 is 2.68 bits per heavy atom. The molecule has 2 aromatic rings. The van der Waals surface area contributed by atoms with Crippen molar-refractivity contribution in [3.8, 4) is 0 Å². The Morgan fingerprint density at radius 1 is 1.26 bits per heavy atom. The zero-order valence-electron chi connectivity index (χ0n) is 10.1. The maximum Gasteiger partial charge on any atom is 0.275 e. The van der Waals surface area contributed by atoms with Crippen LogP contribution in [0.5, 0.6) is 0 Å². The first-order valence-corrected chi connectivity index (χ1v) is 8.01. The molecule has 0 radical (unpaired) electrons. The van der Waals surface area contributed by atoms with Crippen LogP contribution in [0, 0.1) is 0 Å². The molecule has 6 heteroatoms. The Hall–Kier alpha value is -1.01. The van der Waals surface area contributed by atoms with Crippen molar-refractivity contribution in [2.75, 3.05) is 0 Å². The number of thioether (sulfide) groups is 1. The van der Waals surface area contributed by atoms with E-state index in [9.17, 15) is 4.79 Å². The summed E-state index contributed by atoms with van der Waals surface area (Å²) < 4.78 is 0. The van der Waals surface area contributed by atoms with E-state index in [1.54, 1.807) is 11.8 Å². The van der Waals surface area contributed by atoms with Gasteiger partial charge in [0, 0.05) is 16.5 Å². The molecule has 19 heavy (non-hydrogen) atoms. The SMILES string of the molecule is NNC(=O)c1sccc1CSCc1ccc(Cl)cc1. The maximum atomic E-state index is 11.5. The quantitative estimate of drug-likeness (QED) is 0.505. The molecular weight excluding hydrogens is 300 g/mol. The van der Waals surface area contributed by atoms with Crippen molar-refractivity contribution in [2.24, 2.45) is 5.84 Å². The average molecular weight is 313 g/mol. The molecule has 0 bridgehead atoms. The molecule has 3 nitrogen and oxygen atoms in total. The Kier molecular flexibility index (Phi) is 5.27. The van der Waals surface area contributed by atoms with Crippen molar-refractivity contribution < 1.29 is 4.79 Å². The number of nitrogen functional groups attached to an aromatic ring is 1. The number of halogens is 1. The second-order valence-electron chi connectivity index (χ2n) is 3.87. The highest BCUT2D eigenvalue weighted by Crippen LogP contribution is 2.24. The van der Waals surface area contributed by atoms with Crippen molar-refractivity contribution in [3.63, 3.8) is 0 Å². The molecule has 0 fully saturated rings.